The molecule has 0 atom stereocenters. The van der Waals surface area contributed by atoms with Gasteiger partial charge in [-0.15, -0.1) is 0 Å². The van der Waals surface area contributed by atoms with Gasteiger partial charge in [-0.2, -0.15) is 0 Å². The second-order valence-electron chi connectivity index (χ2n) is 5.53. The van der Waals surface area contributed by atoms with Crippen molar-refractivity contribution in [3.63, 3.8) is 0 Å². The molecule has 0 aromatic heterocycles. The van der Waals surface area contributed by atoms with Crippen molar-refractivity contribution in [2.45, 2.75) is 45.1 Å². The molecule has 1 aliphatic rings. The number of carbonyl (C=O) groups excluding carboxylic acids is 2. The third-order valence-corrected chi connectivity index (χ3v) is 3.91. The van der Waals surface area contributed by atoms with Gasteiger partial charge in [-0.25, -0.2) is 0 Å². The quantitative estimate of drug-likeness (QED) is 0.843. The van der Waals surface area contributed by atoms with E-state index < -0.39 is 11.8 Å². The third-order valence-electron chi connectivity index (χ3n) is 3.91. The number of nitrogens with one attached hydrogen (secondary N) is 1. The van der Waals surface area contributed by atoms with Gasteiger partial charge in [-0.3, -0.25) is 9.59 Å². The molecule has 1 N–H and O–H groups in total. The molecule has 108 valence electrons. The fourth-order valence-electron chi connectivity index (χ4n) is 2.70. The van der Waals surface area contributed by atoms with E-state index in [2.05, 4.69) is 5.32 Å². The lowest BCUT2D eigenvalue weighted by molar-refractivity contribution is -0.144. The summed E-state index contributed by atoms with van der Waals surface area (Å²) in [5.74, 6) is -0.998. The molecular weight excluding hydrogens is 252 g/mol. The van der Waals surface area contributed by atoms with Gasteiger partial charge in [0.1, 0.15) is 0 Å². The van der Waals surface area contributed by atoms with E-state index in [1.807, 2.05) is 25.1 Å². The first-order valence-electron chi connectivity index (χ1n) is 7.23. The third kappa shape index (κ3) is 3.59. The highest BCUT2D eigenvalue weighted by molar-refractivity contribution is 6.39. The van der Waals surface area contributed by atoms with Gasteiger partial charge in [0, 0.05) is 18.8 Å². The molecule has 0 radical (unpaired) electrons. The molecule has 20 heavy (non-hydrogen) atoms. The maximum absolute atomic E-state index is 12.1. The number of anilines is 1. The van der Waals surface area contributed by atoms with Crippen LogP contribution in [0, 0.1) is 6.92 Å². The number of nitrogens with zero attached hydrogens (tertiary/aromatic N) is 1. The lowest BCUT2D eigenvalue weighted by Crippen LogP contribution is -2.44. The van der Waals surface area contributed by atoms with Crippen molar-refractivity contribution in [2.75, 3.05) is 12.4 Å². The smallest absolute Gasteiger partial charge is 0.313 e. The van der Waals surface area contributed by atoms with Gasteiger partial charge >= 0.3 is 11.8 Å². The second kappa shape index (κ2) is 6.55. The summed E-state index contributed by atoms with van der Waals surface area (Å²) in [5.41, 5.74) is 1.72. The van der Waals surface area contributed by atoms with Gasteiger partial charge < -0.3 is 10.2 Å². The van der Waals surface area contributed by atoms with E-state index in [0.29, 0.717) is 5.69 Å². The molecule has 4 nitrogen and oxygen atoms in total. The molecule has 2 amide bonds. The maximum Gasteiger partial charge on any atom is 0.313 e. The van der Waals surface area contributed by atoms with Crippen molar-refractivity contribution in [2.24, 2.45) is 0 Å². The predicted molar refractivity (Wildman–Crippen MR) is 79.5 cm³/mol. The van der Waals surface area contributed by atoms with Crippen LogP contribution in [0.3, 0.4) is 0 Å². The first-order chi connectivity index (χ1) is 9.58. The van der Waals surface area contributed by atoms with E-state index in [9.17, 15) is 9.59 Å². The number of hydrogen-bond acceptors (Lipinski definition) is 2. The lowest BCUT2D eigenvalue weighted by atomic mass is 9.94. The molecule has 0 heterocycles. The molecule has 1 saturated carbocycles. The summed E-state index contributed by atoms with van der Waals surface area (Å²) >= 11 is 0. The van der Waals surface area contributed by atoms with Crippen molar-refractivity contribution in [1.29, 1.82) is 0 Å². The average Bonchev–Trinajstić information content (AvgIpc) is 2.46. The standard InChI is InChI=1S/C16H22N2O2/c1-12-7-6-8-13(11-12)17-15(19)16(20)18(2)14-9-4-3-5-10-14/h6-8,11,14H,3-5,9-10H2,1-2H3,(H,17,19). The largest absolute Gasteiger partial charge is 0.335 e. The number of hydrogen-bond donors (Lipinski definition) is 1. The van der Waals surface area contributed by atoms with Crippen molar-refractivity contribution < 1.29 is 9.59 Å². The summed E-state index contributed by atoms with van der Waals surface area (Å²) in [7, 11) is 1.73. The molecule has 0 spiro atoms. The van der Waals surface area contributed by atoms with Gasteiger partial charge in [0.25, 0.3) is 0 Å². The minimum Gasteiger partial charge on any atom is -0.335 e. The highest BCUT2D eigenvalue weighted by Gasteiger charge is 2.26. The van der Waals surface area contributed by atoms with E-state index in [1.54, 1.807) is 18.0 Å². The summed E-state index contributed by atoms with van der Waals surface area (Å²) in [5, 5.41) is 2.67. The number of likely N-dealkylation sites (N-methyl/N-ethyl adjacent to an activating group) is 1. The lowest BCUT2D eigenvalue weighted by Gasteiger charge is -2.30. The number of benzene rings is 1. The number of aryl methyl sites for hydroxylation is 1. The molecule has 0 saturated heterocycles. The molecule has 0 bridgehead atoms. The molecule has 0 unspecified atom stereocenters. The van der Waals surface area contributed by atoms with Crippen molar-refractivity contribution in [1.82, 2.24) is 4.90 Å². The summed E-state index contributed by atoms with van der Waals surface area (Å²) < 4.78 is 0. The number of rotatable bonds is 2. The highest BCUT2D eigenvalue weighted by Crippen LogP contribution is 2.21. The van der Waals surface area contributed by atoms with Crippen LogP contribution in [-0.4, -0.2) is 29.8 Å². The Morgan fingerprint density at radius 1 is 1.20 bits per heavy atom. The predicted octanol–water partition coefficient (Wildman–Crippen LogP) is 2.72. The first-order valence-corrected chi connectivity index (χ1v) is 7.23. The van der Waals surface area contributed by atoms with Crippen molar-refractivity contribution >= 4 is 17.5 Å². The van der Waals surface area contributed by atoms with Crippen LogP contribution in [0.4, 0.5) is 5.69 Å². The summed E-state index contributed by atoms with van der Waals surface area (Å²) in [6.45, 7) is 1.95. The minimum atomic E-state index is -0.552. The zero-order valence-corrected chi connectivity index (χ0v) is 12.2. The van der Waals surface area contributed by atoms with E-state index in [0.717, 1.165) is 31.2 Å². The minimum absolute atomic E-state index is 0.208. The Balaban J connectivity index is 1.95. The Hall–Kier alpha value is -1.84. The Bertz CT molecular complexity index is 493. The zero-order chi connectivity index (χ0) is 14.5. The van der Waals surface area contributed by atoms with Crippen LogP contribution in [0.2, 0.25) is 0 Å². The molecule has 1 aliphatic carbocycles. The van der Waals surface area contributed by atoms with Crippen LogP contribution in [0.25, 0.3) is 0 Å². The van der Waals surface area contributed by atoms with Gasteiger partial charge in [0.05, 0.1) is 0 Å². The van der Waals surface area contributed by atoms with Crippen LogP contribution >= 0.6 is 0 Å². The molecule has 2 rings (SSSR count). The molecule has 1 aromatic rings. The monoisotopic (exact) mass is 274 g/mol. The van der Waals surface area contributed by atoms with Crippen LogP contribution in [0.1, 0.15) is 37.7 Å². The van der Waals surface area contributed by atoms with Crippen molar-refractivity contribution in [3.8, 4) is 0 Å². The van der Waals surface area contributed by atoms with E-state index in [-0.39, 0.29) is 6.04 Å². The van der Waals surface area contributed by atoms with Gasteiger partial charge in [-0.1, -0.05) is 31.4 Å². The van der Waals surface area contributed by atoms with Crippen LogP contribution < -0.4 is 5.32 Å². The average molecular weight is 274 g/mol. The topological polar surface area (TPSA) is 49.4 Å². The Morgan fingerprint density at radius 2 is 1.90 bits per heavy atom. The second-order valence-corrected chi connectivity index (χ2v) is 5.53. The van der Waals surface area contributed by atoms with Crippen LogP contribution in [-0.2, 0) is 9.59 Å². The van der Waals surface area contributed by atoms with Crippen LogP contribution in [0.15, 0.2) is 24.3 Å². The molecule has 1 fully saturated rings. The first kappa shape index (κ1) is 14.6. The van der Waals surface area contributed by atoms with Gasteiger partial charge in [0.15, 0.2) is 0 Å². The summed E-state index contributed by atoms with van der Waals surface area (Å²) in [6.07, 6.45) is 5.51. The van der Waals surface area contributed by atoms with E-state index in [4.69, 9.17) is 0 Å². The Morgan fingerprint density at radius 3 is 2.55 bits per heavy atom. The van der Waals surface area contributed by atoms with Crippen LogP contribution in [0.5, 0.6) is 0 Å². The SMILES string of the molecule is Cc1cccc(NC(=O)C(=O)N(C)C2CCCCC2)c1. The van der Waals surface area contributed by atoms with Crippen molar-refractivity contribution in [3.05, 3.63) is 29.8 Å². The fourth-order valence-corrected chi connectivity index (χ4v) is 2.70. The van der Waals surface area contributed by atoms with E-state index in [1.165, 1.54) is 6.42 Å². The maximum atomic E-state index is 12.1. The summed E-state index contributed by atoms with van der Waals surface area (Å²) in [4.78, 5) is 25.8. The molecular formula is C16H22N2O2. The fraction of sp³-hybridized carbons (Fsp3) is 0.500. The number of amides is 2. The molecule has 1 aromatic carbocycles. The zero-order valence-electron chi connectivity index (χ0n) is 12.2. The van der Waals surface area contributed by atoms with Gasteiger partial charge in [-0.05, 0) is 37.5 Å². The normalized spacial score (nSPS) is 15.7. The summed E-state index contributed by atoms with van der Waals surface area (Å²) in [6, 6.07) is 7.66. The highest BCUT2D eigenvalue weighted by atomic mass is 16.2. The van der Waals surface area contributed by atoms with Gasteiger partial charge in [0.2, 0.25) is 0 Å². The van der Waals surface area contributed by atoms with E-state index >= 15 is 0 Å². The number of carbonyl (C=O) groups is 2. The Labute approximate surface area is 120 Å². The molecule has 4 heteroatoms. The Kier molecular flexibility index (Phi) is 4.77. The molecule has 0 aliphatic heterocycles.